The van der Waals surface area contributed by atoms with Gasteiger partial charge in [-0.1, -0.05) is 133 Å². The van der Waals surface area contributed by atoms with Crippen molar-refractivity contribution in [2.75, 3.05) is 4.31 Å². The highest BCUT2D eigenvalue weighted by atomic mass is 32.2. The summed E-state index contributed by atoms with van der Waals surface area (Å²) in [6, 6.07) is 34.3. The minimum Gasteiger partial charge on any atom is -0.262 e. The maximum atomic E-state index is 14.7. The monoisotopic (exact) mass is 563 g/mol. The first-order valence-electron chi connectivity index (χ1n) is 14.4. The summed E-state index contributed by atoms with van der Waals surface area (Å²) in [5.41, 5.74) is 6.90. The molecule has 0 fully saturated rings. The molecule has 0 spiro atoms. The van der Waals surface area contributed by atoms with E-state index in [1.807, 2.05) is 66.7 Å². The number of hydrogen-bond acceptors (Lipinski definition) is 2. The summed E-state index contributed by atoms with van der Waals surface area (Å²) in [6.07, 6.45) is 3.49. The normalized spacial score (nSPS) is 15.5. The van der Waals surface area contributed by atoms with Gasteiger partial charge in [0, 0.05) is 0 Å². The lowest BCUT2D eigenvalue weighted by atomic mass is 9.81. The van der Waals surface area contributed by atoms with Gasteiger partial charge in [0.15, 0.2) is 0 Å². The van der Waals surface area contributed by atoms with Gasteiger partial charge >= 0.3 is 0 Å². The number of para-hydroxylation sites is 1. The van der Waals surface area contributed by atoms with Crippen molar-refractivity contribution >= 4 is 21.3 Å². The summed E-state index contributed by atoms with van der Waals surface area (Å²) in [6.45, 7) is 12.8. The molecule has 1 aliphatic rings. The van der Waals surface area contributed by atoms with Gasteiger partial charge < -0.3 is 0 Å². The van der Waals surface area contributed by atoms with Crippen LogP contribution in [0.3, 0.4) is 0 Å². The number of benzene rings is 4. The Morgan fingerprint density at radius 3 is 1.73 bits per heavy atom. The molecular formula is C37H41NO2S. The largest absolute Gasteiger partial charge is 0.264 e. The summed E-state index contributed by atoms with van der Waals surface area (Å²) >= 11 is 0. The van der Waals surface area contributed by atoms with E-state index in [4.69, 9.17) is 0 Å². The van der Waals surface area contributed by atoms with Gasteiger partial charge in [-0.3, -0.25) is 4.31 Å². The van der Waals surface area contributed by atoms with Crippen LogP contribution in [0.25, 0.3) is 5.57 Å². The number of fused-ring (bicyclic) bond motifs is 1. The van der Waals surface area contributed by atoms with Gasteiger partial charge in [0.1, 0.15) is 0 Å². The van der Waals surface area contributed by atoms with E-state index in [-0.39, 0.29) is 16.9 Å². The molecule has 4 aromatic rings. The van der Waals surface area contributed by atoms with E-state index in [0.717, 1.165) is 39.1 Å². The molecule has 0 radical (unpaired) electrons. The smallest absolute Gasteiger partial charge is 0.262 e. The predicted octanol–water partition coefficient (Wildman–Crippen LogP) is 8.92. The van der Waals surface area contributed by atoms with Crippen LogP contribution in [-0.2, 0) is 27.3 Å². The van der Waals surface area contributed by atoms with Crippen LogP contribution in [0.1, 0.15) is 75.8 Å². The molecule has 5 rings (SSSR count). The van der Waals surface area contributed by atoms with Gasteiger partial charge in [0.05, 0.1) is 16.6 Å². The van der Waals surface area contributed by atoms with Gasteiger partial charge in [0.25, 0.3) is 10.0 Å². The Balaban J connectivity index is 1.61. The zero-order valence-electron chi connectivity index (χ0n) is 25.1. The van der Waals surface area contributed by atoms with E-state index in [9.17, 15) is 8.42 Å². The Morgan fingerprint density at radius 2 is 1.22 bits per heavy atom. The fourth-order valence-electron chi connectivity index (χ4n) is 5.56. The Labute approximate surface area is 246 Å². The van der Waals surface area contributed by atoms with Crippen LogP contribution < -0.4 is 4.31 Å². The highest BCUT2D eigenvalue weighted by Crippen LogP contribution is 2.40. The molecule has 1 atom stereocenters. The van der Waals surface area contributed by atoms with E-state index < -0.39 is 10.0 Å². The molecule has 4 heteroatoms. The highest BCUT2D eigenvalue weighted by Gasteiger charge is 2.39. The molecule has 4 aromatic carbocycles. The molecule has 0 unspecified atom stereocenters. The molecule has 0 aromatic heterocycles. The summed E-state index contributed by atoms with van der Waals surface area (Å²) in [7, 11) is -3.84. The van der Waals surface area contributed by atoms with E-state index in [1.54, 1.807) is 4.31 Å². The average molecular weight is 564 g/mol. The molecule has 1 heterocycles. The van der Waals surface area contributed by atoms with Crippen molar-refractivity contribution in [1.82, 2.24) is 0 Å². The van der Waals surface area contributed by atoms with Crippen LogP contribution in [0.5, 0.6) is 0 Å². The molecular weight excluding hydrogens is 522 g/mol. The van der Waals surface area contributed by atoms with Gasteiger partial charge in [-0.25, -0.2) is 8.42 Å². The summed E-state index contributed by atoms with van der Waals surface area (Å²) in [4.78, 5) is 0.367. The molecule has 0 amide bonds. The number of nitrogens with zero attached hydrogens (tertiary/aromatic N) is 1. The van der Waals surface area contributed by atoms with Crippen LogP contribution in [0, 0.1) is 0 Å². The van der Waals surface area contributed by atoms with E-state index in [0.29, 0.717) is 17.7 Å². The third-order valence-corrected chi connectivity index (χ3v) is 9.82. The standard InChI is InChI=1S/C37H41NO2S/c1-36(2,3)30-24-31(37(4,5)6)26-33(25-30)41(39,40)38-32(23-29-19-13-14-20-35(29)38)21-22-34(27-15-9-7-10-16-27)28-17-11-8-12-18-28/h7-20,22,24-26,32H,21,23H2,1-6H3/t32-/m0/s1. The molecule has 41 heavy (non-hydrogen) atoms. The lowest BCUT2D eigenvalue weighted by Gasteiger charge is -2.30. The van der Waals surface area contributed by atoms with Crippen molar-refractivity contribution in [3.05, 3.63) is 137 Å². The average Bonchev–Trinajstić information content (AvgIpc) is 3.32. The second-order valence-electron chi connectivity index (χ2n) is 13.1. The van der Waals surface area contributed by atoms with Crippen LogP contribution in [0.15, 0.2) is 114 Å². The van der Waals surface area contributed by atoms with Gasteiger partial charge in [0.2, 0.25) is 0 Å². The van der Waals surface area contributed by atoms with Gasteiger partial charge in [-0.05, 0) is 75.3 Å². The number of sulfonamides is 1. The summed E-state index contributed by atoms with van der Waals surface area (Å²) in [5.74, 6) is 0. The Morgan fingerprint density at radius 1 is 0.732 bits per heavy atom. The maximum absolute atomic E-state index is 14.7. The molecule has 1 aliphatic heterocycles. The van der Waals surface area contributed by atoms with E-state index >= 15 is 0 Å². The first kappa shape index (κ1) is 28.9. The highest BCUT2D eigenvalue weighted by molar-refractivity contribution is 7.92. The Kier molecular flexibility index (Phi) is 7.74. The zero-order valence-corrected chi connectivity index (χ0v) is 25.9. The fourth-order valence-corrected chi connectivity index (χ4v) is 7.33. The van der Waals surface area contributed by atoms with Crippen LogP contribution in [0.2, 0.25) is 0 Å². The Bertz CT molecular complexity index is 1580. The third kappa shape index (κ3) is 6.04. The second-order valence-corrected chi connectivity index (χ2v) is 14.9. The summed E-state index contributed by atoms with van der Waals surface area (Å²) in [5, 5.41) is 0. The third-order valence-electron chi connectivity index (χ3n) is 7.98. The molecule has 212 valence electrons. The predicted molar refractivity (Wildman–Crippen MR) is 172 cm³/mol. The van der Waals surface area contributed by atoms with Crippen molar-refractivity contribution in [3.63, 3.8) is 0 Å². The summed E-state index contributed by atoms with van der Waals surface area (Å²) < 4.78 is 31.0. The Hall–Kier alpha value is -3.63. The minimum atomic E-state index is -3.84. The van der Waals surface area contributed by atoms with Crippen molar-refractivity contribution < 1.29 is 8.42 Å². The van der Waals surface area contributed by atoms with Crippen molar-refractivity contribution in [3.8, 4) is 0 Å². The van der Waals surface area contributed by atoms with Crippen LogP contribution in [0.4, 0.5) is 5.69 Å². The van der Waals surface area contributed by atoms with Crippen molar-refractivity contribution in [2.24, 2.45) is 0 Å². The number of anilines is 1. The first-order valence-corrected chi connectivity index (χ1v) is 15.9. The van der Waals surface area contributed by atoms with Crippen molar-refractivity contribution in [1.29, 1.82) is 0 Å². The maximum Gasteiger partial charge on any atom is 0.264 e. The SMILES string of the molecule is CC(C)(C)c1cc(C(C)(C)C)cc(S(=O)(=O)N2c3ccccc3C[C@@H]2CC=C(c2ccccc2)c2ccccc2)c1. The molecule has 0 N–H and O–H groups in total. The topological polar surface area (TPSA) is 37.4 Å². The van der Waals surface area contributed by atoms with Crippen LogP contribution >= 0.6 is 0 Å². The number of hydrogen-bond donors (Lipinski definition) is 0. The molecule has 0 bridgehead atoms. The molecule has 0 saturated carbocycles. The quantitative estimate of drug-likeness (QED) is 0.235. The second kappa shape index (κ2) is 11.0. The van der Waals surface area contributed by atoms with Gasteiger partial charge in [-0.2, -0.15) is 0 Å². The van der Waals surface area contributed by atoms with Crippen molar-refractivity contribution in [2.45, 2.75) is 76.2 Å². The molecule has 0 saturated heterocycles. The molecule has 0 aliphatic carbocycles. The zero-order chi connectivity index (χ0) is 29.4. The van der Waals surface area contributed by atoms with E-state index in [1.165, 1.54) is 0 Å². The minimum absolute atomic E-state index is 0.184. The number of rotatable bonds is 6. The lowest BCUT2D eigenvalue weighted by Crippen LogP contribution is -2.37. The van der Waals surface area contributed by atoms with Gasteiger partial charge in [-0.15, -0.1) is 0 Å². The molecule has 3 nitrogen and oxygen atoms in total. The lowest BCUT2D eigenvalue weighted by molar-refractivity contribution is 0.560. The fraction of sp³-hybridized carbons (Fsp3) is 0.297. The van der Waals surface area contributed by atoms with Crippen LogP contribution in [-0.4, -0.2) is 14.5 Å². The van der Waals surface area contributed by atoms with E-state index in [2.05, 4.69) is 84.0 Å². The first-order chi connectivity index (χ1) is 19.4.